The molecule has 0 radical (unpaired) electrons. The van der Waals surface area contributed by atoms with Crippen LogP contribution in [0.2, 0.25) is 0 Å². The third kappa shape index (κ3) is 2.54. The maximum atomic E-state index is 12.7. The molecule has 1 aromatic heterocycles. The highest BCUT2D eigenvalue weighted by molar-refractivity contribution is 7.99. The first-order chi connectivity index (χ1) is 10.00. The zero-order chi connectivity index (χ0) is 15.0. The van der Waals surface area contributed by atoms with E-state index in [2.05, 4.69) is 4.98 Å². The molecule has 0 saturated carbocycles. The van der Waals surface area contributed by atoms with Gasteiger partial charge >= 0.3 is 5.97 Å². The second kappa shape index (κ2) is 5.36. The lowest BCUT2D eigenvalue weighted by Gasteiger charge is -2.30. The van der Waals surface area contributed by atoms with E-state index in [1.165, 1.54) is 11.8 Å². The van der Waals surface area contributed by atoms with E-state index in [1.54, 1.807) is 12.1 Å². The highest BCUT2D eigenvalue weighted by Gasteiger charge is 2.38. The number of hydrogen-bond donors (Lipinski definition) is 2. The lowest BCUT2D eigenvalue weighted by Crippen LogP contribution is -2.50. The minimum atomic E-state index is -3.83. The molecular formula is C13H14N2O4S2. The van der Waals surface area contributed by atoms with Crippen LogP contribution in [0.1, 0.15) is 0 Å². The predicted molar refractivity (Wildman–Crippen MR) is 80.9 cm³/mol. The number of nitrogens with zero attached hydrogens (tertiary/aromatic N) is 1. The number of aromatic amines is 1. The van der Waals surface area contributed by atoms with Crippen molar-refractivity contribution >= 4 is 38.7 Å². The first-order valence-electron chi connectivity index (χ1n) is 6.40. The molecule has 0 aliphatic carbocycles. The molecule has 8 heteroatoms. The summed E-state index contributed by atoms with van der Waals surface area (Å²) in [6.45, 7) is 0.208. The Bertz CT molecular complexity index is 751. The van der Waals surface area contributed by atoms with E-state index in [-0.39, 0.29) is 17.3 Å². The Morgan fingerprint density at radius 3 is 2.86 bits per heavy atom. The Kier molecular flexibility index (Phi) is 3.68. The number of aromatic nitrogens is 1. The van der Waals surface area contributed by atoms with Crippen LogP contribution >= 0.6 is 11.8 Å². The summed E-state index contributed by atoms with van der Waals surface area (Å²) in [7, 11) is -3.83. The van der Waals surface area contributed by atoms with E-state index in [0.717, 1.165) is 9.69 Å². The molecule has 1 aromatic carbocycles. The fourth-order valence-corrected chi connectivity index (χ4v) is 5.23. The van der Waals surface area contributed by atoms with Gasteiger partial charge in [0.15, 0.2) is 0 Å². The average Bonchev–Trinajstić information content (AvgIpc) is 2.92. The molecule has 0 amide bonds. The molecule has 1 atom stereocenters. The van der Waals surface area contributed by atoms with Crippen LogP contribution < -0.4 is 0 Å². The minimum Gasteiger partial charge on any atom is -0.480 e. The van der Waals surface area contributed by atoms with E-state index >= 15 is 0 Å². The lowest BCUT2D eigenvalue weighted by atomic mass is 10.3. The Balaban J connectivity index is 2.04. The maximum absolute atomic E-state index is 12.7. The Hall–Kier alpha value is -1.51. The SMILES string of the molecule is O=C(O)C1CSCCN1S(=O)(=O)c1cc2ccccc2[nH]1. The van der Waals surface area contributed by atoms with E-state index in [1.807, 2.05) is 18.2 Å². The number of para-hydroxylation sites is 1. The third-order valence-corrected chi connectivity index (χ3v) is 6.31. The number of carboxylic acid groups (broad SMARTS) is 1. The van der Waals surface area contributed by atoms with Gasteiger partial charge in [-0.15, -0.1) is 0 Å². The predicted octanol–water partition coefficient (Wildman–Crippen LogP) is 1.36. The number of hydrogen-bond acceptors (Lipinski definition) is 4. The van der Waals surface area contributed by atoms with Gasteiger partial charge in [0, 0.05) is 29.0 Å². The normalized spacial score (nSPS) is 20.7. The zero-order valence-corrected chi connectivity index (χ0v) is 12.7. The smallest absolute Gasteiger partial charge is 0.322 e. The van der Waals surface area contributed by atoms with Gasteiger partial charge in [0.2, 0.25) is 0 Å². The molecule has 1 aliphatic heterocycles. The molecule has 1 fully saturated rings. The summed E-state index contributed by atoms with van der Waals surface area (Å²) < 4.78 is 26.5. The number of carbonyl (C=O) groups is 1. The van der Waals surface area contributed by atoms with Gasteiger partial charge in [0.05, 0.1) is 0 Å². The van der Waals surface area contributed by atoms with Crippen molar-refractivity contribution in [3.63, 3.8) is 0 Å². The first-order valence-corrected chi connectivity index (χ1v) is 9.00. The molecule has 21 heavy (non-hydrogen) atoms. The standard InChI is InChI=1S/C13H14N2O4S2/c16-13(17)11-8-20-6-5-15(11)21(18,19)12-7-9-3-1-2-4-10(9)14-12/h1-4,7,11,14H,5-6,8H2,(H,16,17). The summed E-state index contributed by atoms with van der Waals surface area (Å²) in [6, 6.07) is 7.77. The maximum Gasteiger partial charge on any atom is 0.322 e. The number of sulfonamides is 1. The van der Waals surface area contributed by atoms with Gasteiger partial charge in [-0.1, -0.05) is 18.2 Å². The van der Waals surface area contributed by atoms with Crippen molar-refractivity contribution in [2.75, 3.05) is 18.1 Å². The van der Waals surface area contributed by atoms with Gasteiger partial charge in [0.25, 0.3) is 10.0 Å². The van der Waals surface area contributed by atoms with Gasteiger partial charge in [-0.3, -0.25) is 4.79 Å². The highest BCUT2D eigenvalue weighted by atomic mass is 32.2. The number of rotatable bonds is 3. The average molecular weight is 326 g/mol. The molecule has 0 bridgehead atoms. The van der Waals surface area contributed by atoms with Gasteiger partial charge in [0.1, 0.15) is 11.1 Å². The van der Waals surface area contributed by atoms with Crippen molar-refractivity contribution in [3.05, 3.63) is 30.3 Å². The fourth-order valence-electron chi connectivity index (χ4n) is 2.38. The van der Waals surface area contributed by atoms with E-state index < -0.39 is 22.0 Å². The Morgan fingerprint density at radius 1 is 1.38 bits per heavy atom. The molecular weight excluding hydrogens is 312 g/mol. The zero-order valence-electron chi connectivity index (χ0n) is 11.0. The molecule has 1 unspecified atom stereocenters. The molecule has 1 saturated heterocycles. The lowest BCUT2D eigenvalue weighted by molar-refractivity contribution is -0.140. The Labute approximate surface area is 126 Å². The first kappa shape index (κ1) is 14.4. The van der Waals surface area contributed by atoms with Crippen LogP contribution in [0.3, 0.4) is 0 Å². The van der Waals surface area contributed by atoms with Crippen LogP contribution in [-0.2, 0) is 14.8 Å². The topological polar surface area (TPSA) is 90.5 Å². The quantitative estimate of drug-likeness (QED) is 0.889. The van der Waals surface area contributed by atoms with E-state index in [9.17, 15) is 18.3 Å². The number of H-pyrrole nitrogens is 1. The molecule has 2 aromatic rings. The molecule has 112 valence electrons. The van der Waals surface area contributed by atoms with Gasteiger partial charge < -0.3 is 10.1 Å². The number of benzene rings is 1. The molecule has 1 aliphatic rings. The van der Waals surface area contributed by atoms with Gasteiger partial charge in [-0.2, -0.15) is 16.1 Å². The fraction of sp³-hybridized carbons (Fsp3) is 0.308. The summed E-state index contributed by atoms with van der Waals surface area (Å²) in [4.78, 5) is 14.1. The van der Waals surface area contributed by atoms with Crippen LogP contribution in [0.5, 0.6) is 0 Å². The van der Waals surface area contributed by atoms with Crippen LogP contribution in [-0.4, -0.2) is 52.9 Å². The van der Waals surface area contributed by atoms with Crippen molar-refractivity contribution in [2.45, 2.75) is 11.1 Å². The summed E-state index contributed by atoms with van der Waals surface area (Å²) in [5.41, 5.74) is 0.717. The Morgan fingerprint density at radius 2 is 2.14 bits per heavy atom. The summed E-state index contributed by atoms with van der Waals surface area (Å²) >= 11 is 1.45. The molecule has 2 heterocycles. The van der Waals surface area contributed by atoms with Crippen LogP contribution in [0, 0.1) is 0 Å². The molecule has 2 N–H and O–H groups in total. The number of fused-ring (bicyclic) bond motifs is 1. The van der Waals surface area contributed by atoms with Crippen molar-refractivity contribution in [1.82, 2.24) is 9.29 Å². The minimum absolute atomic E-state index is 0.0434. The van der Waals surface area contributed by atoms with E-state index in [0.29, 0.717) is 11.3 Å². The van der Waals surface area contributed by atoms with Crippen molar-refractivity contribution in [3.8, 4) is 0 Å². The number of aliphatic carboxylic acids is 1. The molecule has 6 nitrogen and oxygen atoms in total. The van der Waals surface area contributed by atoms with Crippen LogP contribution in [0.25, 0.3) is 10.9 Å². The van der Waals surface area contributed by atoms with Gasteiger partial charge in [-0.05, 0) is 12.1 Å². The van der Waals surface area contributed by atoms with Gasteiger partial charge in [-0.25, -0.2) is 8.42 Å². The summed E-state index contributed by atoms with van der Waals surface area (Å²) in [5, 5.41) is 10.1. The van der Waals surface area contributed by atoms with E-state index in [4.69, 9.17) is 0 Å². The largest absolute Gasteiger partial charge is 0.480 e. The molecule has 3 rings (SSSR count). The van der Waals surface area contributed by atoms with Crippen molar-refractivity contribution < 1.29 is 18.3 Å². The molecule has 0 spiro atoms. The second-order valence-corrected chi connectivity index (χ2v) is 7.77. The highest BCUT2D eigenvalue weighted by Crippen LogP contribution is 2.26. The number of nitrogens with one attached hydrogen (secondary N) is 1. The van der Waals surface area contributed by atoms with Crippen molar-refractivity contribution in [1.29, 1.82) is 0 Å². The van der Waals surface area contributed by atoms with Crippen LogP contribution in [0.15, 0.2) is 35.4 Å². The van der Waals surface area contributed by atoms with Crippen molar-refractivity contribution in [2.24, 2.45) is 0 Å². The monoisotopic (exact) mass is 326 g/mol. The second-order valence-electron chi connectivity index (χ2n) is 4.77. The number of carboxylic acids is 1. The number of thioether (sulfide) groups is 1. The summed E-state index contributed by atoms with van der Waals surface area (Å²) in [5.74, 6) is -0.236. The summed E-state index contributed by atoms with van der Waals surface area (Å²) in [6.07, 6.45) is 0. The van der Waals surface area contributed by atoms with Crippen LogP contribution in [0.4, 0.5) is 0 Å². The third-order valence-electron chi connectivity index (χ3n) is 3.46.